The third kappa shape index (κ3) is 1.80. The van der Waals surface area contributed by atoms with E-state index < -0.39 is 0 Å². The van der Waals surface area contributed by atoms with Crippen molar-refractivity contribution in [2.75, 3.05) is 19.6 Å². The molecular weight excluding hydrogens is 205 g/mol. The predicted octanol–water partition coefficient (Wildman–Crippen LogP) is 2.30. The summed E-state index contributed by atoms with van der Waals surface area (Å²) in [6.07, 6.45) is 2.57. The molecule has 0 aromatic heterocycles. The molecule has 3 saturated heterocycles. The van der Waals surface area contributed by atoms with Crippen molar-refractivity contribution in [1.29, 1.82) is 0 Å². The van der Waals surface area contributed by atoms with Gasteiger partial charge in [-0.25, -0.2) is 4.39 Å². The van der Waals surface area contributed by atoms with Gasteiger partial charge in [-0.3, -0.25) is 4.90 Å². The van der Waals surface area contributed by atoms with Gasteiger partial charge < -0.3 is 4.74 Å². The van der Waals surface area contributed by atoms with E-state index in [0.29, 0.717) is 11.7 Å². The van der Waals surface area contributed by atoms with E-state index in [4.69, 9.17) is 4.74 Å². The number of halogens is 1. The Hall–Kier alpha value is -1.09. The van der Waals surface area contributed by atoms with E-state index in [9.17, 15) is 4.39 Å². The van der Waals surface area contributed by atoms with Crippen LogP contribution < -0.4 is 4.74 Å². The van der Waals surface area contributed by atoms with Crippen LogP contribution in [0.1, 0.15) is 12.8 Å². The molecule has 16 heavy (non-hydrogen) atoms. The molecule has 3 aliphatic heterocycles. The highest BCUT2D eigenvalue weighted by molar-refractivity contribution is 5.24. The van der Waals surface area contributed by atoms with Crippen LogP contribution in [-0.4, -0.2) is 30.6 Å². The number of hydrogen-bond acceptors (Lipinski definition) is 2. The molecule has 3 heterocycles. The van der Waals surface area contributed by atoms with Crippen molar-refractivity contribution in [3.8, 4) is 5.75 Å². The van der Waals surface area contributed by atoms with Crippen LogP contribution in [0.5, 0.6) is 5.75 Å². The van der Waals surface area contributed by atoms with Crippen molar-refractivity contribution in [1.82, 2.24) is 4.90 Å². The lowest BCUT2D eigenvalue weighted by Crippen LogP contribution is -2.52. The summed E-state index contributed by atoms with van der Waals surface area (Å²) >= 11 is 0. The van der Waals surface area contributed by atoms with E-state index >= 15 is 0 Å². The van der Waals surface area contributed by atoms with Crippen LogP contribution in [0.3, 0.4) is 0 Å². The van der Waals surface area contributed by atoms with Crippen LogP contribution >= 0.6 is 0 Å². The summed E-state index contributed by atoms with van der Waals surface area (Å²) in [5.74, 6) is 0.768. The minimum atomic E-state index is -0.251. The second kappa shape index (κ2) is 4.06. The van der Waals surface area contributed by atoms with Crippen LogP contribution in [0, 0.1) is 11.7 Å². The Labute approximate surface area is 95.0 Å². The van der Waals surface area contributed by atoms with Gasteiger partial charge in [0.1, 0.15) is 6.10 Å². The van der Waals surface area contributed by atoms with E-state index in [1.807, 2.05) is 6.07 Å². The second-order valence-electron chi connectivity index (χ2n) is 4.72. The van der Waals surface area contributed by atoms with Crippen molar-refractivity contribution < 1.29 is 9.13 Å². The third-order valence-corrected chi connectivity index (χ3v) is 3.71. The van der Waals surface area contributed by atoms with Crippen molar-refractivity contribution in [3.63, 3.8) is 0 Å². The molecule has 86 valence electrons. The minimum Gasteiger partial charge on any atom is -0.486 e. The summed E-state index contributed by atoms with van der Waals surface area (Å²) in [5, 5.41) is 0. The Bertz CT molecular complexity index is 374. The fraction of sp³-hybridized carbons (Fsp3) is 0.538. The maximum Gasteiger partial charge on any atom is 0.165 e. The summed E-state index contributed by atoms with van der Waals surface area (Å²) in [4.78, 5) is 2.41. The van der Waals surface area contributed by atoms with Gasteiger partial charge in [0.2, 0.25) is 0 Å². The summed E-state index contributed by atoms with van der Waals surface area (Å²) in [6, 6.07) is 6.68. The van der Waals surface area contributed by atoms with Crippen LogP contribution in [0.15, 0.2) is 24.3 Å². The average molecular weight is 221 g/mol. The van der Waals surface area contributed by atoms with Crippen LogP contribution in [-0.2, 0) is 0 Å². The highest BCUT2D eigenvalue weighted by Gasteiger charge is 2.35. The number of para-hydroxylation sites is 1. The molecule has 1 atom stereocenters. The Kier molecular flexibility index (Phi) is 2.56. The smallest absolute Gasteiger partial charge is 0.165 e. The first-order valence-electron chi connectivity index (χ1n) is 5.96. The van der Waals surface area contributed by atoms with E-state index in [2.05, 4.69) is 4.90 Å². The van der Waals surface area contributed by atoms with Crippen LogP contribution in [0.25, 0.3) is 0 Å². The minimum absolute atomic E-state index is 0.180. The van der Waals surface area contributed by atoms with E-state index in [-0.39, 0.29) is 11.9 Å². The Morgan fingerprint density at radius 2 is 1.94 bits per heavy atom. The molecule has 1 aromatic rings. The van der Waals surface area contributed by atoms with Gasteiger partial charge in [-0.1, -0.05) is 12.1 Å². The van der Waals surface area contributed by atoms with E-state index in [1.165, 1.54) is 32.0 Å². The standard InChI is InChI=1S/C13H16FNO/c14-11-3-1-2-4-12(11)16-13-9-15-7-5-10(13)6-8-15/h1-4,10,13H,5-9H2/t13-/m0/s1. The van der Waals surface area contributed by atoms with Crippen LogP contribution in [0.4, 0.5) is 4.39 Å². The second-order valence-corrected chi connectivity index (χ2v) is 4.72. The van der Waals surface area contributed by atoms with Gasteiger partial charge in [0, 0.05) is 6.54 Å². The van der Waals surface area contributed by atoms with E-state index in [0.717, 1.165) is 6.54 Å². The summed E-state index contributed by atoms with van der Waals surface area (Å²) < 4.78 is 19.3. The van der Waals surface area contributed by atoms with Gasteiger partial charge in [0.05, 0.1) is 0 Å². The van der Waals surface area contributed by atoms with Crippen LogP contribution in [0.2, 0.25) is 0 Å². The SMILES string of the molecule is Fc1ccccc1O[C@H]1CN2CCC1CC2. The number of fused-ring (bicyclic) bond motifs is 3. The molecule has 0 spiro atoms. The molecule has 0 radical (unpaired) electrons. The number of rotatable bonds is 2. The number of nitrogens with zero attached hydrogens (tertiary/aromatic N) is 1. The van der Waals surface area contributed by atoms with Gasteiger partial charge in [0.25, 0.3) is 0 Å². The van der Waals surface area contributed by atoms with Gasteiger partial charge in [-0.15, -0.1) is 0 Å². The van der Waals surface area contributed by atoms with Gasteiger partial charge in [0.15, 0.2) is 11.6 Å². The van der Waals surface area contributed by atoms with Gasteiger partial charge >= 0.3 is 0 Å². The highest BCUT2D eigenvalue weighted by Crippen LogP contribution is 2.31. The topological polar surface area (TPSA) is 12.5 Å². The molecule has 3 fully saturated rings. The molecule has 0 amide bonds. The quantitative estimate of drug-likeness (QED) is 0.759. The first kappa shape index (κ1) is 10.1. The molecule has 0 N–H and O–H groups in total. The summed E-state index contributed by atoms with van der Waals surface area (Å²) in [7, 11) is 0. The molecule has 0 unspecified atom stereocenters. The largest absolute Gasteiger partial charge is 0.486 e. The molecule has 0 saturated carbocycles. The Morgan fingerprint density at radius 3 is 2.56 bits per heavy atom. The lowest BCUT2D eigenvalue weighted by molar-refractivity contribution is -0.00948. The first-order chi connectivity index (χ1) is 7.83. The first-order valence-corrected chi connectivity index (χ1v) is 5.96. The fourth-order valence-electron chi connectivity index (χ4n) is 2.75. The average Bonchev–Trinajstić information content (AvgIpc) is 2.34. The molecule has 3 heteroatoms. The molecule has 1 aromatic carbocycles. The Balaban J connectivity index is 1.73. The number of hydrogen-bond donors (Lipinski definition) is 0. The highest BCUT2D eigenvalue weighted by atomic mass is 19.1. The van der Waals surface area contributed by atoms with Gasteiger partial charge in [-0.05, 0) is 44.0 Å². The summed E-state index contributed by atoms with van der Waals surface area (Å²) in [6.45, 7) is 3.32. The lowest BCUT2D eigenvalue weighted by Gasteiger charge is -2.44. The third-order valence-electron chi connectivity index (χ3n) is 3.71. The van der Waals surface area contributed by atoms with Crippen molar-refractivity contribution in [2.45, 2.75) is 18.9 Å². The number of ether oxygens (including phenoxy) is 1. The lowest BCUT2D eigenvalue weighted by atomic mass is 9.86. The molecule has 0 aliphatic carbocycles. The van der Waals surface area contributed by atoms with Crippen molar-refractivity contribution >= 4 is 0 Å². The predicted molar refractivity (Wildman–Crippen MR) is 60.0 cm³/mol. The molecule has 2 bridgehead atoms. The zero-order valence-corrected chi connectivity index (χ0v) is 9.23. The normalized spacial score (nSPS) is 32.7. The molecule has 4 rings (SSSR count). The number of benzene rings is 1. The fourth-order valence-corrected chi connectivity index (χ4v) is 2.75. The van der Waals surface area contributed by atoms with Gasteiger partial charge in [-0.2, -0.15) is 0 Å². The monoisotopic (exact) mass is 221 g/mol. The maximum atomic E-state index is 13.4. The molecule has 3 aliphatic rings. The van der Waals surface area contributed by atoms with Crippen molar-refractivity contribution in [3.05, 3.63) is 30.1 Å². The Morgan fingerprint density at radius 1 is 1.19 bits per heavy atom. The molecular formula is C13H16FNO. The maximum absolute atomic E-state index is 13.4. The van der Waals surface area contributed by atoms with Crippen molar-refractivity contribution in [2.24, 2.45) is 5.92 Å². The number of piperidine rings is 3. The summed E-state index contributed by atoms with van der Waals surface area (Å²) in [5.41, 5.74) is 0. The zero-order chi connectivity index (χ0) is 11.0. The zero-order valence-electron chi connectivity index (χ0n) is 9.23. The van der Waals surface area contributed by atoms with E-state index in [1.54, 1.807) is 12.1 Å². The molecule has 2 nitrogen and oxygen atoms in total.